The minimum atomic E-state index is -3.55. The van der Waals surface area contributed by atoms with E-state index in [2.05, 4.69) is 0 Å². The first-order valence-corrected chi connectivity index (χ1v) is 4.22. The summed E-state index contributed by atoms with van der Waals surface area (Å²) in [5.74, 6) is -5.75. The molecule has 2 N–H and O–H groups in total. The largest absolute Gasteiger partial charge is 0.507 e. The highest BCUT2D eigenvalue weighted by atomic mass is 19.3. The molecule has 0 saturated heterocycles. The average Bonchev–Trinajstić information content (AvgIpc) is 2.06. The van der Waals surface area contributed by atoms with Gasteiger partial charge in [0.05, 0.1) is 5.56 Å². The number of benzene rings is 1. The predicted octanol–water partition coefficient (Wildman–Crippen LogP) is 2.27. The summed E-state index contributed by atoms with van der Waals surface area (Å²) in [6.07, 6.45) is -1.33. The predicted molar refractivity (Wildman–Crippen MR) is 49.0 cm³/mol. The Morgan fingerprint density at radius 1 is 1.47 bits per heavy atom. The quantitative estimate of drug-likeness (QED) is 0.814. The van der Waals surface area contributed by atoms with Crippen LogP contribution in [0.2, 0.25) is 0 Å². The molecule has 3 nitrogen and oxygen atoms in total. The van der Waals surface area contributed by atoms with Crippen molar-refractivity contribution < 1.29 is 23.8 Å². The summed E-state index contributed by atoms with van der Waals surface area (Å²) in [5.41, 5.74) is -0.113. The van der Waals surface area contributed by atoms with E-state index in [4.69, 9.17) is 5.11 Å². The van der Waals surface area contributed by atoms with E-state index in [9.17, 15) is 18.7 Å². The van der Waals surface area contributed by atoms with Crippen LogP contribution in [-0.2, 0) is 10.7 Å². The second kappa shape index (κ2) is 3.84. The number of phenols is 1. The first-order valence-electron chi connectivity index (χ1n) is 4.22. The summed E-state index contributed by atoms with van der Waals surface area (Å²) in [4.78, 5) is 10.2. The number of carbonyl (C=O) groups is 1. The highest BCUT2D eigenvalue weighted by molar-refractivity contribution is 5.68. The Hall–Kier alpha value is -1.65. The van der Waals surface area contributed by atoms with Crippen molar-refractivity contribution in [2.45, 2.75) is 19.3 Å². The lowest BCUT2D eigenvalue weighted by Gasteiger charge is -2.16. The summed E-state index contributed by atoms with van der Waals surface area (Å²) < 4.78 is 26.6. The molecule has 0 fully saturated rings. The molecule has 1 rings (SSSR count). The average molecular weight is 216 g/mol. The second-order valence-corrected chi connectivity index (χ2v) is 3.30. The minimum absolute atomic E-state index is 0.535. The van der Waals surface area contributed by atoms with Crippen molar-refractivity contribution in [2.24, 2.45) is 0 Å². The monoisotopic (exact) mass is 216 g/mol. The van der Waals surface area contributed by atoms with Crippen molar-refractivity contribution in [1.82, 2.24) is 0 Å². The Labute approximate surface area is 85.0 Å². The van der Waals surface area contributed by atoms with Crippen LogP contribution in [0.3, 0.4) is 0 Å². The van der Waals surface area contributed by atoms with E-state index in [0.717, 1.165) is 12.1 Å². The Balaban J connectivity index is 3.13. The van der Waals surface area contributed by atoms with E-state index in [0.29, 0.717) is 5.56 Å². The number of alkyl halides is 2. The normalized spacial score (nSPS) is 11.4. The van der Waals surface area contributed by atoms with Crippen molar-refractivity contribution in [2.75, 3.05) is 0 Å². The third-order valence-corrected chi connectivity index (χ3v) is 1.92. The molecule has 0 amide bonds. The van der Waals surface area contributed by atoms with E-state index in [1.165, 1.54) is 6.07 Å². The number of hydrogen-bond acceptors (Lipinski definition) is 2. The maximum absolute atomic E-state index is 13.3. The van der Waals surface area contributed by atoms with Gasteiger partial charge in [0.15, 0.2) is 0 Å². The fourth-order valence-electron chi connectivity index (χ4n) is 1.23. The van der Waals surface area contributed by atoms with Crippen LogP contribution in [0.15, 0.2) is 18.2 Å². The van der Waals surface area contributed by atoms with Gasteiger partial charge < -0.3 is 10.2 Å². The number of aryl methyl sites for hydroxylation is 1. The number of aliphatic carboxylic acids is 1. The maximum Gasteiger partial charge on any atom is 0.309 e. The third kappa shape index (κ3) is 2.65. The van der Waals surface area contributed by atoms with Gasteiger partial charge in [-0.25, -0.2) is 8.78 Å². The van der Waals surface area contributed by atoms with E-state index in [-0.39, 0.29) is 0 Å². The lowest BCUT2D eigenvalue weighted by molar-refractivity contribution is -0.145. The maximum atomic E-state index is 13.3. The highest BCUT2D eigenvalue weighted by Gasteiger charge is 2.37. The molecule has 0 atom stereocenters. The minimum Gasteiger partial charge on any atom is -0.507 e. The summed E-state index contributed by atoms with van der Waals surface area (Å²) in [6.45, 7) is 1.58. The Bertz CT molecular complexity index is 388. The summed E-state index contributed by atoms with van der Waals surface area (Å²) in [5, 5.41) is 17.5. The number of hydrogen-bond donors (Lipinski definition) is 2. The summed E-state index contributed by atoms with van der Waals surface area (Å²) in [7, 11) is 0. The molecular weight excluding hydrogens is 206 g/mol. The van der Waals surface area contributed by atoms with Gasteiger partial charge in [-0.15, -0.1) is 0 Å². The van der Waals surface area contributed by atoms with Crippen molar-refractivity contribution in [3.05, 3.63) is 29.3 Å². The number of carboxylic acid groups (broad SMARTS) is 1. The van der Waals surface area contributed by atoms with Crippen molar-refractivity contribution in [3.63, 3.8) is 0 Å². The molecule has 0 unspecified atom stereocenters. The number of carboxylic acids is 1. The van der Waals surface area contributed by atoms with E-state index >= 15 is 0 Å². The number of aromatic hydroxyl groups is 1. The van der Waals surface area contributed by atoms with Gasteiger partial charge in [0, 0.05) is 0 Å². The molecule has 0 bridgehead atoms. The fraction of sp³-hybridized carbons (Fsp3) is 0.300. The van der Waals surface area contributed by atoms with Gasteiger partial charge in [-0.2, -0.15) is 0 Å². The Morgan fingerprint density at radius 3 is 2.60 bits per heavy atom. The van der Waals surface area contributed by atoms with Gasteiger partial charge in [0.25, 0.3) is 5.92 Å². The molecule has 0 radical (unpaired) electrons. The molecular formula is C10H10F2O3. The smallest absolute Gasteiger partial charge is 0.309 e. The van der Waals surface area contributed by atoms with Crippen LogP contribution < -0.4 is 0 Å². The van der Waals surface area contributed by atoms with Crippen LogP contribution in [0, 0.1) is 6.92 Å². The van der Waals surface area contributed by atoms with Gasteiger partial charge in [-0.05, 0) is 19.1 Å². The Morgan fingerprint density at radius 2 is 2.07 bits per heavy atom. The number of phenolic OH excluding ortho intramolecular Hbond substituents is 1. The molecule has 0 aliphatic heterocycles. The molecule has 1 aromatic carbocycles. The lowest BCUT2D eigenvalue weighted by Crippen LogP contribution is -2.18. The standard InChI is InChI=1S/C10H10F2O3/c1-6-2-3-8(13)7(4-6)10(11,12)5-9(14)15/h2-4,13H,5H2,1H3,(H,14,15). The van der Waals surface area contributed by atoms with Crippen LogP contribution in [0.4, 0.5) is 8.78 Å². The van der Waals surface area contributed by atoms with Crippen LogP contribution >= 0.6 is 0 Å². The molecule has 0 spiro atoms. The van der Waals surface area contributed by atoms with Gasteiger partial charge in [-0.3, -0.25) is 4.79 Å². The molecule has 1 aromatic rings. The molecule has 0 aliphatic rings. The van der Waals surface area contributed by atoms with Gasteiger partial charge in [-0.1, -0.05) is 11.6 Å². The van der Waals surface area contributed by atoms with Crippen molar-refractivity contribution in [3.8, 4) is 5.75 Å². The number of halogens is 2. The topological polar surface area (TPSA) is 57.5 Å². The first-order chi connectivity index (χ1) is 6.83. The van der Waals surface area contributed by atoms with Gasteiger partial charge in [0.1, 0.15) is 12.2 Å². The number of rotatable bonds is 3. The van der Waals surface area contributed by atoms with Crippen LogP contribution in [0.1, 0.15) is 17.5 Å². The van der Waals surface area contributed by atoms with E-state index in [1.54, 1.807) is 6.92 Å². The zero-order valence-corrected chi connectivity index (χ0v) is 8.00. The zero-order valence-electron chi connectivity index (χ0n) is 8.00. The molecule has 5 heteroatoms. The van der Waals surface area contributed by atoms with Crippen LogP contribution in [0.25, 0.3) is 0 Å². The third-order valence-electron chi connectivity index (χ3n) is 1.92. The van der Waals surface area contributed by atoms with Crippen molar-refractivity contribution in [1.29, 1.82) is 0 Å². The van der Waals surface area contributed by atoms with Gasteiger partial charge >= 0.3 is 5.97 Å². The molecule has 15 heavy (non-hydrogen) atoms. The molecule has 0 heterocycles. The second-order valence-electron chi connectivity index (χ2n) is 3.30. The first kappa shape index (κ1) is 11.4. The van der Waals surface area contributed by atoms with E-state index < -0.39 is 29.6 Å². The lowest BCUT2D eigenvalue weighted by atomic mass is 10.0. The molecule has 0 aliphatic carbocycles. The highest BCUT2D eigenvalue weighted by Crippen LogP contribution is 2.37. The summed E-state index contributed by atoms with van der Waals surface area (Å²) >= 11 is 0. The van der Waals surface area contributed by atoms with Crippen molar-refractivity contribution >= 4 is 5.97 Å². The fourth-order valence-corrected chi connectivity index (χ4v) is 1.23. The van der Waals surface area contributed by atoms with Gasteiger partial charge in [0.2, 0.25) is 0 Å². The summed E-state index contributed by atoms with van der Waals surface area (Å²) in [6, 6.07) is 3.67. The Kier molecular flexibility index (Phi) is 2.93. The van der Waals surface area contributed by atoms with Crippen LogP contribution in [-0.4, -0.2) is 16.2 Å². The van der Waals surface area contributed by atoms with E-state index in [1.807, 2.05) is 0 Å². The van der Waals surface area contributed by atoms with Crippen LogP contribution in [0.5, 0.6) is 5.75 Å². The molecule has 0 saturated carbocycles. The molecule has 0 aromatic heterocycles. The SMILES string of the molecule is Cc1ccc(O)c(C(F)(F)CC(=O)O)c1. The zero-order chi connectivity index (χ0) is 11.6. The molecule has 82 valence electrons.